The molecule has 2 heterocycles. The monoisotopic (exact) mass is 375 g/mol. The summed E-state index contributed by atoms with van der Waals surface area (Å²) in [5.41, 5.74) is 2.67. The van der Waals surface area contributed by atoms with Gasteiger partial charge in [0, 0.05) is 30.8 Å². The van der Waals surface area contributed by atoms with Gasteiger partial charge < -0.3 is 10.3 Å². The average molecular weight is 376 g/mol. The minimum absolute atomic E-state index is 0.0196. The van der Waals surface area contributed by atoms with Crippen molar-refractivity contribution in [2.45, 2.75) is 66.3 Å². The van der Waals surface area contributed by atoms with E-state index >= 15 is 0 Å². The molecule has 0 saturated carbocycles. The molecule has 0 spiro atoms. The van der Waals surface area contributed by atoms with Crippen molar-refractivity contribution in [1.29, 1.82) is 0 Å². The number of aryl methyl sites for hydroxylation is 1. The molecule has 2 N–H and O–H groups in total. The SMILES string of the molecule is CCCC(=O)NCC1CCCN(C(C)C(=O)c2[nH]c(C)c(C(C)=O)c2C)C1. The van der Waals surface area contributed by atoms with Crippen LogP contribution in [-0.4, -0.2) is 53.0 Å². The molecule has 0 aromatic carbocycles. The molecule has 2 rings (SSSR count). The van der Waals surface area contributed by atoms with Gasteiger partial charge in [-0.05, 0) is 65.0 Å². The Morgan fingerprint density at radius 3 is 2.59 bits per heavy atom. The molecule has 27 heavy (non-hydrogen) atoms. The van der Waals surface area contributed by atoms with E-state index in [0.29, 0.717) is 30.1 Å². The van der Waals surface area contributed by atoms with Crippen LogP contribution in [0.25, 0.3) is 0 Å². The summed E-state index contributed by atoms with van der Waals surface area (Å²) >= 11 is 0. The van der Waals surface area contributed by atoms with Crippen molar-refractivity contribution in [3.05, 3.63) is 22.5 Å². The summed E-state index contributed by atoms with van der Waals surface area (Å²) in [4.78, 5) is 41.9. The van der Waals surface area contributed by atoms with Crippen LogP contribution < -0.4 is 5.32 Å². The van der Waals surface area contributed by atoms with E-state index in [0.717, 1.165) is 43.6 Å². The van der Waals surface area contributed by atoms with Crippen LogP contribution in [0.4, 0.5) is 0 Å². The summed E-state index contributed by atoms with van der Waals surface area (Å²) in [5, 5.41) is 3.01. The van der Waals surface area contributed by atoms with Crippen LogP contribution in [0.15, 0.2) is 0 Å². The maximum absolute atomic E-state index is 13.1. The molecule has 2 unspecified atom stereocenters. The molecule has 150 valence electrons. The smallest absolute Gasteiger partial charge is 0.219 e. The second-order valence-corrected chi connectivity index (χ2v) is 7.78. The molecule has 0 aliphatic carbocycles. The lowest BCUT2D eigenvalue weighted by atomic mass is 9.95. The van der Waals surface area contributed by atoms with E-state index in [2.05, 4.69) is 15.2 Å². The maximum atomic E-state index is 13.1. The summed E-state index contributed by atoms with van der Waals surface area (Å²) < 4.78 is 0. The highest BCUT2D eigenvalue weighted by atomic mass is 16.1. The van der Waals surface area contributed by atoms with Crippen molar-refractivity contribution in [3.8, 4) is 0 Å². The molecule has 1 fully saturated rings. The summed E-state index contributed by atoms with van der Waals surface area (Å²) in [7, 11) is 0. The highest BCUT2D eigenvalue weighted by molar-refractivity contribution is 6.05. The zero-order valence-electron chi connectivity index (χ0n) is 17.3. The largest absolute Gasteiger partial charge is 0.356 e. The topological polar surface area (TPSA) is 82.3 Å². The number of rotatable bonds is 8. The Hall–Kier alpha value is -1.95. The van der Waals surface area contributed by atoms with Gasteiger partial charge in [0.25, 0.3) is 0 Å². The molecule has 1 aromatic heterocycles. The second kappa shape index (κ2) is 9.31. The number of hydrogen-bond acceptors (Lipinski definition) is 4. The normalized spacial score (nSPS) is 18.9. The molecule has 1 aliphatic rings. The Bertz CT molecular complexity index is 708. The van der Waals surface area contributed by atoms with Crippen LogP contribution in [-0.2, 0) is 4.79 Å². The molecule has 1 amide bonds. The van der Waals surface area contributed by atoms with Crippen LogP contribution in [0, 0.1) is 19.8 Å². The van der Waals surface area contributed by atoms with Gasteiger partial charge in [-0.1, -0.05) is 6.92 Å². The van der Waals surface area contributed by atoms with Crippen molar-refractivity contribution >= 4 is 17.5 Å². The standard InChI is InChI=1S/C21H33N3O3/c1-6-8-18(26)22-11-17-9-7-10-24(12-17)15(4)21(27)20-13(2)19(16(5)25)14(3)23-20/h15,17,23H,6-12H2,1-5H3,(H,22,26). The fourth-order valence-electron chi connectivity index (χ4n) is 4.09. The number of nitrogens with one attached hydrogen (secondary N) is 2. The molecule has 0 bridgehead atoms. The molecule has 2 atom stereocenters. The number of Topliss-reactive ketones (excluding diaryl/α,β-unsaturated/α-hetero) is 2. The number of ketones is 2. The predicted octanol–water partition coefficient (Wildman–Crippen LogP) is 3.03. The van der Waals surface area contributed by atoms with Crippen LogP contribution in [0.5, 0.6) is 0 Å². The average Bonchev–Trinajstić information content (AvgIpc) is 2.93. The number of likely N-dealkylation sites (tertiary alicyclic amines) is 1. The van der Waals surface area contributed by atoms with Crippen molar-refractivity contribution in [2.75, 3.05) is 19.6 Å². The zero-order valence-corrected chi connectivity index (χ0v) is 17.3. The van der Waals surface area contributed by atoms with E-state index < -0.39 is 0 Å². The van der Waals surface area contributed by atoms with E-state index in [1.807, 2.05) is 27.7 Å². The van der Waals surface area contributed by atoms with Crippen LogP contribution in [0.3, 0.4) is 0 Å². The van der Waals surface area contributed by atoms with Gasteiger partial charge in [-0.3, -0.25) is 19.3 Å². The van der Waals surface area contributed by atoms with Gasteiger partial charge in [-0.2, -0.15) is 0 Å². The zero-order chi connectivity index (χ0) is 20.1. The summed E-state index contributed by atoms with van der Waals surface area (Å²) in [6, 6.07) is -0.254. The van der Waals surface area contributed by atoms with Gasteiger partial charge in [0.2, 0.25) is 5.91 Å². The molecule has 1 aliphatic heterocycles. The number of aromatic amines is 1. The van der Waals surface area contributed by atoms with Gasteiger partial charge in [-0.15, -0.1) is 0 Å². The van der Waals surface area contributed by atoms with Crippen molar-refractivity contribution in [1.82, 2.24) is 15.2 Å². The fraction of sp³-hybridized carbons (Fsp3) is 0.667. The van der Waals surface area contributed by atoms with Gasteiger partial charge in [0.1, 0.15) is 0 Å². The van der Waals surface area contributed by atoms with Gasteiger partial charge in [0.05, 0.1) is 11.7 Å². The van der Waals surface area contributed by atoms with E-state index in [1.54, 1.807) is 0 Å². The third kappa shape index (κ3) is 5.06. The van der Waals surface area contributed by atoms with Gasteiger partial charge >= 0.3 is 0 Å². The third-order valence-corrected chi connectivity index (χ3v) is 5.58. The number of amides is 1. The number of piperidine rings is 1. The number of carbonyl (C=O) groups is 3. The first-order valence-electron chi connectivity index (χ1n) is 10.0. The highest BCUT2D eigenvalue weighted by Gasteiger charge is 2.30. The summed E-state index contributed by atoms with van der Waals surface area (Å²) in [6.07, 6.45) is 3.51. The Morgan fingerprint density at radius 2 is 2.00 bits per heavy atom. The Balaban J connectivity index is 2.03. The Morgan fingerprint density at radius 1 is 1.30 bits per heavy atom. The molecule has 6 heteroatoms. The first-order chi connectivity index (χ1) is 12.8. The summed E-state index contributed by atoms with van der Waals surface area (Å²) in [6.45, 7) is 11.5. The highest BCUT2D eigenvalue weighted by Crippen LogP contribution is 2.23. The van der Waals surface area contributed by atoms with Crippen LogP contribution >= 0.6 is 0 Å². The summed E-state index contributed by atoms with van der Waals surface area (Å²) in [5.74, 6) is 0.481. The van der Waals surface area contributed by atoms with E-state index in [9.17, 15) is 14.4 Å². The van der Waals surface area contributed by atoms with E-state index in [1.165, 1.54) is 6.92 Å². The number of aromatic nitrogens is 1. The van der Waals surface area contributed by atoms with Crippen LogP contribution in [0.2, 0.25) is 0 Å². The maximum Gasteiger partial charge on any atom is 0.219 e. The molecule has 0 radical (unpaired) electrons. The van der Waals surface area contributed by atoms with Crippen molar-refractivity contribution in [2.24, 2.45) is 5.92 Å². The minimum atomic E-state index is -0.254. The first kappa shape index (κ1) is 21.4. The molecule has 1 aromatic rings. The minimum Gasteiger partial charge on any atom is -0.356 e. The molecular weight excluding hydrogens is 342 g/mol. The quantitative estimate of drug-likeness (QED) is 0.684. The number of H-pyrrole nitrogens is 1. The number of hydrogen-bond donors (Lipinski definition) is 2. The lowest BCUT2D eigenvalue weighted by molar-refractivity contribution is -0.121. The molecule has 1 saturated heterocycles. The number of carbonyl (C=O) groups excluding carboxylic acids is 3. The molecular formula is C21H33N3O3. The Labute approximate surface area is 162 Å². The van der Waals surface area contributed by atoms with Gasteiger partial charge in [0.15, 0.2) is 11.6 Å². The molecule has 6 nitrogen and oxygen atoms in total. The predicted molar refractivity (Wildman–Crippen MR) is 106 cm³/mol. The second-order valence-electron chi connectivity index (χ2n) is 7.78. The van der Waals surface area contributed by atoms with Gasteiger partial charge in [-0.25, -0.2) is 0 Å². The van der Waals surface area contributed by atoms with Crippen LogP contribution in [0.1, 0.15) is 78.6 Å². The lowest BCUT2D eigenvalue weighted by Crippen LogP contribution is -2.47. The third-order valence-electron chi connectivity index (χ3n) is 5.58. The van der Waals surface area contributed by atoms with E-state index in [4.69, 9.17) is 0 Å². The van der Waals surface area contributed by atoms with Crippen molar-refractivity contribution in [3.63, 3.8) is 0 Å². The first-order valence-corrected chi connectivity index (χ1v) is 10.0. The van der Waals surface area contributed by atoms with Crippen molar-refractivity contribution < 1.29 is 14.4 Å². The van der Waals surface area contributed by atoms with E-state index in [-0.39, 0.29) is 23.5 Å². The Kier molecular flexibility index (Phi) is 7.36. The number of nitrogens with zero attached hydrogens (tertiary/aromatic N) is 1. The fourth-order valence-corrected chi connectivity index (χ4v) is 4.09. The lowest BCUT2D eigenvalue weighted by Gasteiger charge is -2.36.